The highest BCUT2D eigenvalue weighted by molar-refractivity contribution is 6.31. The van der Waals surface area contributed by atoms with Crippen LogP contribution in [0.15, 0.2) is 66.7 Å². The molecule has 0 fully saturated rings. The van der Waals surface area contributed by atoms with Crippen LogP contribution in [0.1, 0.15) is 46.5 Å². The first-order chi connectivity index (χ1) is 16.3. The van der Waals surface area contributed by atoms with Gasteiger partial charge in [-0.25, -0.2) is 0 Å². The Labute approximate surface area is 204 Å². The number of halogens is 1. The number of carbonyl (C=O) groups is 2. The van der Waals surface area contributed by atoms with Crippen LogP contribution in [0.4, 0.5) is 0 Å². The molecule has 0 saturated carbocycles. The second-order valence-electron chi connectivity index (χ2n) is 9.04. The zero-order valence-electron chi connectivity index (χ0n) is 19.4. The van der Waals surface area contributed by atoms with Gasteiger partial charge in [-0.05, 0) is 59.9 Å². The van der Waals surface area contributed by atoms with E-state index in [1.54, 1.807) is 24.3 Å². The monoisotopic (exact) mass is 477 g/mol. The molecule has 1 amide bonds. The van der Waals surface area contributed by atoms with Crippen LogP contribution >= 0.6 is 11.6 Å². The summed E-state index contributed by atoms with van der Waals surface area (Å²) in [5.74, 6) is -0.666. The summed E-state index contributed by atoms with van der Waals surface area (Å²) >= 11 is 6.25. The number of aliphatic carboxylic acids is 1. The summed E-state index contributed by atoms with van der Waals surface area (Å²) < 4.78 is 6.29. The van der Waals surface area contributed by atoms with Gasteiger partial charge in [0, 0.05) is 30.0 Å². The first kappa shape index (κ1) is 23.8. The van der Waals surface area contributed by atoms with Crippen LogP contribution in [0.25, 0.3) is 0 Å². The van der Waals surface area contributed by atoms with Crippen LogP contribution in [-0.4, -0.2) is 34.0 Å². The van der Waals surface area contributed by atoms with E-state index >= 15 is 0 Å². The molecular weight excluding hydrogens is 450 g/mol. The van der Waals surface area contributed by atoms with Crippen LogP contribution in [-0.2, 0) is 30.6 Å². The molecule has 1 atom stereocenters. The fraction of sp³-hybridized carbons (Fsp3) is 0.286. The molecule has 0 spiro atoms. The molecule has 5 nitrogen and oxygen atoms in total. The number of nitrogens with zero attached hydrogens (tertiary/aromatic N) is 1. The number of fused-ring (bicyclic) bond motifs is 1. The first-order valence-corrected chi connectivity index (χ1v) is 11.8. The quantitative estimate of drug-likeness (QED) is 0.461. The van der Waals surface area contributed by atoms with E-state index < -0.39 is 18.1 Å². The lowest BCUT2D eigenvalue weighted by Gasteiger charge is -2.24. The Hall–Kier alpha value is -3.31. The van der Waals surface area contributed by atoms with E-state index in [4.69, 9.17) is 16.3 Å². The maximum absolute atomic E-state index is 13.3. The number of aryl methyl sites for hydroxylation is 1. The average molecular weight is 478 g/mol. The van der Waals surface area contributed by atoms with Crippen LogP contribution in [0.5, 0.6) is 5.75 Å². The molecule has 0 bridgehead atoms. The first-order valence-electron chi connectivity index (χ1n) is 11.4. The number of hydrogen-bond acceptors (Lipinski definition) is 3. The van der Waals surface area contributed by atoms with Crippen molar-refractivity contribution in [3.05, 3.63) is 99.6 Å². The summed E-state index contributed by atoms with van der Waals surface area (Å²) in [7, 11) is 0. The number of ether oxygens (including phenoxy) is 1. The van der Waals surface area contributed by atoms with Gasteiger partial charge in [-0.1, -0.05) is 61.0 Å². The van der Waals surface area contributed by atoms with Crippen molar-refractivity contribution in [2.75, 3.05) is 6.54 Å². The Morgan fingerprint density at radius 2 is 1.76 bits per heavy atom. The van der Waals surface area contributed by atoms with Crippen molar-refractivity contribution in [3.63, 3.8) is 0 Å². The molecule has 0 aliphatic carbocycles. The Morgan fingerprint density at radius 3 is 2.44 bits per heavy atom. The topological polar surface area (TPSA) is 66.8 Å². The largest absolute Gasteiger partial charge is 0.487 e. The number of carboxylic acids is 1. The fourth-order valence-corrected chi connectivity index (χ4v) is 4.65. The SMILES string of the molecule is CCc1ccc(C[C@@]2(C)Cc3cc(C(=O)N(CC(=O)O)Cc4ccccc4Cl)ccc3O2)cc1. The van der Waals surface area contributed by atoms with E-state index in [1.165, 1.54) is 16.0 Å². The normalized spacial score (nSPS) is 16.6. The van der Waals surface area contributed by atoms with Gasteiger partial charge in [-0.2, -0.15) is 0 Å². The van der Waals surface area contributed by atoms with Crippen LogP contribution in [0, 0.1) is 0 Å². The molecule has 3 aromatic carbocycles. The summed E-state index contributed by atoms with van der Waals surface area (Å²) in [6.45, 7) is 3.92. The van der Waals surface area contributed by atoms with Gasteiger partial charge in [0.1, 0.15) is 17.9 Å². The van der Waals surface area contributed by atoms with Crippen molar-refractivity contribution < 1.29 is 19.4 Å². The minimum Gasteiger partial charge on any atom is -0.487 e. The summed E-state index contributed by atoms with van der Waals surface area (Å²) in [6.07, 6.45) is 2.43. The van der Waals surface area contributed by atoms with Gasteiger partial charge in [0.15, 0.2) is 0 Å². The second-order valence-corrected chi connectivity index (χ2v) is 9.45. The smallest absolute Gasteiger partial charge is 0.323 e. The minimum atomic E-state index is -1.08. The number of carbonyl (C=O) groups excluding carboxylic acids is 1. The van der Waals surface area contributed by atoms with Crippen LogP contribution in [0.3, 0.4) is 0 Å². The molecule has 0 unspecified atom stereocenters. The fourth-order valence-electron chi connectivity index (χ4n) is 4.46. The zero-order valence-corrected chi connectivity index (χ0v) is 20.1. The van der Waals surface area contributed by atoms with Crippen molar-refractivity contribution in [3.8, 4) is 5.75 Å². The van der Waals surface area contributed by atoms with E-state index in [0.717, 1.165) is 24.2 Å². The third-order valence-corrected chi connectivity index (χ3v) is 6.54. The molecule has 4 rings (SSSR count). The molecule has 34 heavy (non-hydrogen) atoms. The third-order valence-electron chi connectivity index (χ3n) is 6.17. The molecule has 3 aromatic rings. The van der Waals surface area contributed by atoms with Gasteiger partial charge >= 0.3 is 5.97 Å². The molecular formula is C28H28ClNO4. The number of benzene rings is 3. The van der Waals surface area contributed by atoms with Gasteiger partial charge in [0.2, 0.25) is 0 Å². The summed E-state index contributed by atoms with van der Waals surface area (Å²) in [5.41, 5.74) is 4.19. The third kappa shape index (κ3) is 5.42. The van der Waals surface area contributed by atoms with E-state index in [-0.39, 0.29) is 12.5 Å². The Kier molecular flexibility index (Phi) is 6.94. The highest BCUT2D eigenvalue weighted by Crippen LogP contribution is 2.37. The summed E-state index contributed by atoms with van der Waals surface area (Å²) in [4.78, 5) is 26.0. The maximum atomic E-state index is 13.3. The predicted octanol–water partition coefficient (Wildman–Crippen LogP) is 5.57. The summed E-state index contributed by atoms with van der Waals surface area (Å²) in [5, 5.41) is 9.87. The Bertz CT molecular complexity index is 1210. The molecule has 0 radical (unpaired) electrons. The van der Waals surface area contributed by atoms with Crippen LogP contribution < -0.4 is 4.74 Å². The Balaban J connectivity index is 1.52. The highest BCUT2D eigenvalue weighted by atomic mass is 35.5. The average Bonchev–Trinajstić information content (AvgIpc) is 3.14. The lowest BCUT2D eigenvalue weighted by molar-refractivity contribution is -0.137. The van der Waals surface area contributed by atoms with Crippen molar-refractivity contribution in [1.82, 2.24) is 4.90 Å². The second kappa shape index (κ2) is 9.90. The van der Waals surface area contributed by atoms with Crippen LogP contribution in [0.2, 0.25) is 5.02 Å². The molecule has 1 N–H and O–H groups in total. The molecule has 0 saturated heterocycles. The van der Waals surface area contributed by atoms with Crippen molar-refractivity contribution in [2.24, 2.45) is 0 Å². The lowest BCUT2D eigenvalue weighted by atomic mass is 9.91. The van der Waals surface area contributed by atoms with Crippen molar-refractivity contribution >= 4 is 23.5 Å². The van der Waals surface area contributed by atoms with Gasteiger partial charge in [0.25, 0.3) is 5.91 Å². The number of rotatable bonds is 8. The van der Waals surface area contributed by atoms with Crippen molar-refractivity contribution in [1.29, 1.82) is 0 Å². The summed E-state index contributed by atoms with van der Waals surface area (Å²) in [6, 6.07) is 21.0. The standard InChI is InChI=1S/C28H28ClNO4/c1-3-19-8-10-20(11-9-19)15-28(2)16-23-14-21(12-13-25(23)34-28)27(33)30(18-26(31)32)17-22-6-4-5-7-24(22)29/h4-14H,3,15-18H2,1-2H3,(H,31,32)/t28-/m0/s1. The highest BCUT2D eigenvalue weighted by Gasteiger charge is 2.35. The minimum absolute atomic E-state index is 0.115. The van der Waals surface area contributed by atoms with Gasteiger partial charge in [-0.3, -0.25) is 9.59 Å². The van der Waals surface area contributed by atoms with Gasteiger partial charge < -0.3 is 14.7 Å². The van der Waals surface area contributed by atoms with E-state index in [1.807, 2.05) is 18.2 Å². The predicted molar refractivity (Wildman–Crippen MR) is 133 cm³/mol. The molecule has 1 heterocycles. The zero-order chi connectivity index (χ0) is 24.3. The van der Waals surface area contributed by atoms with E-state index in [9.17, 15) is 14.7 Å². The Morgan fingerprint density at radius 1 is 1.06 bits per heavy atom. The number of amides is 1. The molecule has 6 heteroatoms. The van der Waals surface area contributed by atoms with E-state index in [0.29, 0.717) is 22.6 Å². The molecule has 0 aromatic heterocycles. The lowest BCUT2D eigenvalue weighted by Crippen LogP contribution is -2.35. The molecule has 176 valence electrons. The molecule has 1 aliphatic rings. The maximum Gasteiger partial charge on any atom is 0.323 e. The van der Waals surface area contributed by atoms with E-state index in [2.05, 4.69) is 38.1 Å². The van der Waals surface area contributed by atoms with Crippen molar-refractivity contribution in [2.45, 2.75) is 45.3 Å². The van der Waals surface area contributed by atoms with Gasteiger partial charge in [0.05, 0.1) is 0 Å². The molecule has 1 aliphatic heterocycles. The number of hydrogen-bond donors (Lipinski definition) is 1. The number of carboxylic acid groups (broad SMARTS) is 1. The van der Waals surface area contributed by atoms with Gasteiger partial charge in [-0.15, -0.1) is 0 Å².